The zero-order valence-electron chi connectivity index (χ0n) is 21.9. The molecule has 0 aromatic heterocycles. The molecule has 0 aliphatic heterocycles. The summed E-state index contributed by atoms with van der Waals surface area (Å²) >= 11 is 0. The van der Waals surface area contributed by atoms with Crippen molar-refractivity contribution in [1.82, 2.24) is 10.2 Å². The minimum atomic E-state index is -1.28. The fraction of sp³-hybridized carbons (Fsp3) is 0.345. The number of alkyl carbamates (subject to hydrolysis) is 1. The first-order valence-electron chi connectivity index (χ1n) is 12.3. The number of hydrogen-bond donors (Lipinski definition) is 3. The molecule has 0 aliphatic carbocycles. The lowest BCUT2D eigenvalue weighted by atomic mass is 10.0. The molecule has 0 saturated carbocycles. The van der Waals surface area contributed by atoms with Crippen molar-refractivity contribution in [2.75, 3.05) is 18.5 Å². The Labute approximate surface area is 217 Å². The Balaban J connectivity index is 1.92. The fourth-order valence-electron chi connectivity index (χ4n) is 4.00. The van der Waals surface area contributed by atoms with E-state index in [1.165, 1.54) is 4.90 Å². The summed E-state index contributed by atoms with van der Waals surface area (Å²) in [5.74, 6) is -1.02. The lowest BCUT2D eigenvalue weighted by molar-refractivity contribution is -0.141. The summed E-state index contributed by atoms with van der Waals surface area (Å²) < 4.78 is 5.24. The SMILES string of the molecule is CCN(C(=O)C(CO)NC(=O)OC(C)(C)C)C(C(=O)Nc1ccc2ccccc2c1)c1ccc(C)cc1. The summed E-state index contributed by atoms with van der Waals surface area (Å²) in [5, 5.41) is 17.3. The molecule has 0 radical (unpaired) electrons. The van der Waals surface area contributed by atoms with Gasteiger partial charge in [-0.2, -0.15) is 0 Å². The third-order valence-corrected chi connectivity index (χ3v) is 5.77. The minimum Gasteiger partial charge on any atom is -0.444 e. The molecule has 37 heavy (non-hydrogen) atoms. The number of aryl methyl sites for hydroxylation is 1. The summed E-state index contributed by atoms with van der Waals surface area (Å²) in [5.41, 5.74) is 1.43. The monoisotopic (exact) mass is 505 g/mol. The maximum absolute atomic E-state index is 13.7. The van der Waals surface area contributed by atoms with Gasteiger partial charge in [-0.05, 0) is 63.1 Å². The molecule has 3 aromatic carbocycles. The van der Waals surface area contributed by atoms with Crippen LogP contribution in [0.2, 0.25) is 0 Å². The van der Waals surface area contributed by atoms with E-state index in [1.54, 1.807) is 39.8 Å². The van der Waals surface area contributed by atoms with Gasteiger partial charge in [-0.15, -0.1) is 0 Å². The van der Waals surface area contributed by atoms with Crippen LogP contribution in [0.1, 0.15) is 44.9 Å². The van der Waals surface area contributed by atoms with Crippen LogP contribution in [-0.4, -0.2) is 52.7 Å². The minimum absolute atomic E-state index is 0.162. The Hall–Kier alpha value is -3.91. The highest BCUT2D eigenvalue weighted by Gasteiger charge is 2.35. The van der Waals surface area contributed by atoms with E-state index >= 15 is 0 Å². The van der Waals surface area contributed by atoms with Crippen LogP contribution in [0.3, 0.4) is 0 Å². The van der Waals surface area contributed by atoms with E-state index in [1.807, 2.05) is 61.5 Å². The van der Waals surface area contributed by atoms with Crippen molar-refractivity contribution in [3.05, 3.63) is 77.9 Å². The number of aliphatic hydroxyl groups excluding tert-OH is 1. The first kappa shape index (κ1) is 27.7. The van der Waals surface area contributed by atoms with Crippen LogP contribution in [0.25, 0.3) is 10.8 Å². The molecule has 3 rings (SSSR count). The van der Waals surface area contributed by atoms with Crippen molar-refractivity contribution in [2.24, 2.45) is 0 Å². The van der Waals surface area contributed by atoms with Crippen molar-refractivity contribution in [3.63, 3.8) is 0 Å². The largest absolute Gasteiger partial charge is 0.444 e. The van der Waals surface area contributed by atoms with Crippen LogP contribution in [0.5, 0.6) is 0 Å². The normalized spacial score (nSPS) is 12.9. The standard InChI is InChI=1S/C29H35N3O5/c1-6-32(27(35)24(18-33)31-28(36)37-29(3,4)5)25(21-13-11-19(2)12-14-21)26(34)30-23-16-15-20-9-7-8-10-22(20)17-23/h7-17,24-25,33H,6,18H2,1-5H3,(H,30,34)(H,31,36). The number of carbonyl (C=O) groups is 3. The highest BCUT2D eigenvalue weighted by Crippen LogP contribution is 2.26. The van der Waals surface area contributed by atoms with E-state index in [0.29, 0.717) is 11.3 Å². The van der Waals surface area contributed by atoms with Gasteiger partial charge >= 0.3 is 6.09 Å². The molecule has 2 atom stereocenters. The summed E-state index contributed by atoms with van der Waals surface area (Å²) in [7, 11) is 0. The molecule has 3 aromatic rings. The number of ether oxygens (including phenoxy) is 1. The van der Waals surface area contributed by atoms with E-state index < -0.39 is 42.2 Å². The van der Waals surface area contributed by atoms with Crippen LogP contribution in [0.15, 0.2) is 66.7 Å². The second kappa shape index (κ2) is 11.9. The average molecular weight is 506 g/mol. The highest BCUT2D eigenvalue weighted by atomic mass is 16.6. The molecular formula is C29H35N3O5. The third kappa shape index (κ3) is 7.30. The molecule has 196 valence electrons. The van der Waals surface area contributed by atoms with Gasteiger partial charge < -0.3 is 25.4 Å². The summed E-state index contributed by atoms with van der Waals surface area (Å²) in [6.45, 7) is 8.28. The van der Waals surface area contributed by atoms with E-state index in [4.69, 9.17) is 4.74 Å². The summed E-state index contributed by atoms with van der Waals surface area (Å²) in [6.07, 6.45) is -0.830. The molecule has 0 saturated heterocycles. The molecule has 0 spiro atoms. The maximum atomic E-state index is 13.7. The van der Waals surface area contributed by atoms with Gasteiger partial charge in [0.05, 0.1) is 6.61 Å². The first-order valence-corrected chi connectivity index (χ1v) is 12.3. The van der Waals surface area contributed by atoms with Crippen LogP contribution in [0.4, 0.5) is 10.5 Å². The Kier molecular flexibility index (Phi) is 8.89. The third-order valence-electron chi connectivity index (χ3n) is 5.77. The zero-order chi connectivity index (χ0) is 27.2. The number of carbonyl (C=O) groups excluding carboxylic acids is 3. The summed E-state index contributed by atoms with van der Waals surface area (Å²) in [6, 6.07) is 18.5. The number of aliphatic hydroxyl groups is 1. The lowest BCUT2D eigenvalue weighted by Crippen LogP contribution is -2.53. The molecule has 2 unspecified atom stereocenters. The molecule has 8 nitrogen and oxygen atoms in total. The number of nitrogens with one attached hydrogen (secondary N) is 2. The number of benzene rings is 3. The number of anilines is 1. The van der Waals surface area contributed by atoms with E-state index in [9.17, 15) is 19.5 Å². The maximum Gasteiger partial charge on any atom is 0.408 e. The number of hydrogen-bond acceptors (Lipinski definition) is 5. The molecule has 0 bridgehead atoms. The topological polar surface area (TPSA) is 108 Å². The smallest absolute Gasteiger partial charge is 0.408 e. The van der Waals surface area contributed by atoms with Gasteiger partial charge in [0.1, 0.15) is 17.7 Å². The predicted molar refractivity (Wildman–Crippen MR) is 144 cm³/mol. The average Bonchev–Trinajstić information content (AvgIpc) is 2.85. The second-order valence-corrected chi connectivity index (χ2v) is 9.87. The number of amides is 3. The van der Waals surface area contributed by atoms with E-state index in [2.05, 4.69) is 10.6 Å². The Bertz CT molecular complexity index is 1250. The van der Waals surface area contributed by atoms with E-state index in [-0.39, 0.29) is 6.54 Å². The molecule has 3 N–H and O–H groups in total. The van der Waals surface area contributed by atoms with Gasteiger partial charge in [0.25, 0.3) is 5.91 Å². The fourth-order valence-corrected chi connectivity index (χ4v) is 4.00. The molecular weight excluding hydrogens is 470 g/mol. The van der Waals surface area contributed by atoms with Crippen molar-refractivity contribution in [3.8, 4) is 0 Å². The molecule has 0 aliphatic rings. The quantitative estimate of drug-likeness (QED) is 0.416. The van der Waals surface area contributed by atoms with Crippen LogP contribution in [0, 0.1) is 6.92 Å². The number of fused-ring (bicyclic) bond motifs is 1. The van der Waals surface area contributed by atoms with Gasteiger partial charge in [-0.1, -0.05) is 60.2 Å². The Morgan fingerprint density at radius 3 is 2.22 bits per heavy atom. The molecule has 3 amide bonds. The number of rotatable bonds is 8. The van der Waals surface area contributed by atoms with Gasteiger partial charge in [0.15, 0.2) is 0 Å². The first-order chi connectivity index (χ1) is 17.5. The van der Waals surface area contributed by atoms with Crippen molar-refractivity contribution < 1.29 is 24.2 Å². The van der Waals surface area contributed by atoms with Gasteiger partial charge in [-0.3, -0.25) is 9.59 Å². The zero-order valence-corrected chi connectivity index (χ0v) is 21.9. The Morgan fingerprint density at radius 2 is 1.62 bits per heavy atom. The van der Waals surface area contributed by atoms with E-state index in [0.717, 1.165) is 16.3 Å². The van der Waals surface area contributed by atoms with Crippen molar-refractivity contribution >= 4 is 34.4 Å². The molecule has 0 heterocycles. The van der Waals surface area contributed by atoms with Crippen LogP contribution < -0.4 is 10.6 Å². The van der Waals surface area contributed by atoms with Gasteiger partial charge in [0.2, 0.25) is 5.91 Å². The van der Waals surface area contributed by atoms with Crippen LogP contribution in [-0.2, 0) is 14.3 Å². The summed E-state index contributed by atoms with van der Waals surface area (Å²) in [4.78, 5) is 40.9. The number of nitrogens with zero attached hydrogens (tertiary/aromatic N) is 1. The lowest BCUT2D eigenvalue weighted by Gasteiger charge is -2.33. The van der Waals surface area contributed by atoms with Gasteiger partial charge in [0, 0.05) is 12.2 Å². The number of likely N-dealkylation sites (N-methyl/N-ethyl adjacent to an activating group) is 1. The van der Waals surface area contributed by atoms with Crippen LogP contribution >= 0.6 is 0 Å². The van der Waals surface area contributed by atoms with Crippen molar-refractivity contribution in [1.29, 1.82) is 0 Å². The molecule has 0 fully saturated rings. The highest BCUT2D eigenvalue weighted by molar-refractivity contribution is 6.00. The van der Waals surface area contributed by atoms with Crippen molar-refractivity contribution in [2.45, 2.75) is 52.3 Å². The predicted octanol–water partition coefficient (Wildman–Crippen LogP) is 4.56. The van der Waals surface area contributed by atoms with Gasteiger partial charge in [-0.25, -0.2) is 4.79 Å². The molecule has 8 heteroatoms. The second-order valence-electron chi connectivity index (χ2n) is 9.87. The Morgan fingerprint density at radius 1 is 0.973 bits per heavy atom.